The standard InChI is InChI=1S/C26H37ClN2O3S/c1-5-31-21(30)25(4)10-6-9-24(3)18(25)8-12-26-13-20(23(2,16-26)11-7-19(24)26)29-32-15-17-14-28-22(27)33-17/h14,18-19H,5-13,15-16H2,1-4H3/b29-20+/t18-,19-,23-,24+,25+,26-/m0/s1. The summed E-state index contributed by atoms with van der Waals surface area (Å²) in [6.45, 7) is 9.91. The maximum Gasteiger partial charge on any atom is 0.312 e. The van der Waals surface area contributed by atoms with Gasteiger partial charge in [-0.2, -0.15) is 0 Å². The van der Waals surface area contributed by atoms with Crippen LogP contribution in [0.3, 0.4) is 0 Å². The molecule has 1 heterocycles. The van der Waals surface area contributed by atoms with E-state index in [0.717, 1.165) is 37.0 Å². The fraction of sp³-hybridized carbons (Fsp3) is 0.808. The highest BCUT2D eigenvalue weighted by atomic mass is 35.5. The zero-order valence-electron chi connectivity index (χ0n) is 20.4. The van der Waals surface area contributed by atoms with Gasteiger partial charge in [-0.05, 0) is 87.9 Å². The van der Waals surface area contributed by atoms with Gasteiger partial charge >= 0.3 is 5.97 Å². The van der Waals surface area contributed by atoms with Crippen LogP contribution in [-0.2, 0) is 21.0 Å². The molecule has 5 rings (SSSR count). The number of hydrogen-bond donors (Lipinski definition) is 0. The molecule has 33 heavy (non-hydrogen) atoms. The first-order valence-corrected chi connectivity index (χ1v) is 13.8. The molecule has 0 aliphatic heterocycles. The van der Waals surface area contributed by atoms with E-state index < -0.39 is 0 Å². The van der Waals surface area contributed by atoms with Gasteiger partial charge in [-0.15, -0.1) is 11.3 Å². The van der Waals surface area contributed by atoms with Gasteiger partial charge in [0.05, 0.1) is 22.6 Å². The molecular formula is C26H37ClN2O3S. The van der Waals surface area contributed by atoms with Gasteiger partial charge in [0.15, 0.2) is 11.1 Å². The molecule has 4 aliphatic carbocycles. The van der Waals surface area contributed by atoms with E-state index in [-0.39, 0.29) is 22.2 Å². The number of rotatable bonds is 5. The molecule has 0 radical (unpaired) electrons. The Morgan fingerprint density at radius 2 is 2.00 bits per heavy atom. The number of fused-ring (bicyclic) bond motifs is 3. The van der Waals surface area contributed by atoms with E-state index in [1.54, 1.807) is 6.20 Å². The number of ether oxygens (including phenoxy) is 1. The quantitative estimate of drug-likeness (QED) is 0.326. The predicted molar refractivity (Wildman–Crippen MR) is 131 cm³/mol. The monoisotopic (exact) mass is 492 g/mol. The van der Waals surface area contributed by atoms with Crippen molar-refractivity contribution in [2.45, 2.75) is 92.1 Å². The van der Waals surface area contributed by atoms with Crippen LogP contribution >= 0.6 is 22.9 Å². The molecule has 0 saturated heterocycles. The number of halogens is 1. The van der Waals surface area contributed by atoms with Gasteiger partial charge in [-0.3, -0.25) is 4.79 Å². The topological polar surface area (TPSA) is 60.8 Å². The van der Waals surface area contributed by atoms with Crippen molar-refractivity contribution in [3.8, 4) is 0 Å². The smallest absolute Gasteiger partial charge is 0.312 e. The normalized spacial score (nSPS) is 43.1. The predicted octanol–water partition coefficient (Wildman–Crippen LogP) is 7.04. The third-order valence-corrected chi connectivity index (χ3v) is 11.1. The highest BCUT2D eigenvalue weighted by Crippen LogP contribution is 2.73. The van der Waals surface area contributed by atoms with Crippen LogP contribution in [0.15, 0.2) is 11.4 Å². The summed E-state index contributed by atoms with van der Waals surface area (Å²) in [4.78, 5) is 24.0. The lowest BCUT2D eigenvalue weighted by Gasteiger charge is -2.64. The van der Waals surface area contributed by atoms with Gasteiger partial charge in [-0.25, -0.2) is 4.98 Å². The fourth-order valence-electron chi connectivity index (χ4n) is 8.73. The first-order chi connectivity index (χ1) is 15.7. The molecule has 4 saturated carbocycles. The van der Waals surface area contributed by atoms with Gasteiger partial charge in [0.2, 0.25) is 0 Å². The first kappa shape index (κ1) is 23.6. The zero-order chi connectivity index (χ0) is 23.5. The van der Waals surface area contributed by atoms with Crippen LogP contribution in [0.5, 0.6) is 0 Å². The van der Waals surface area contributed by atoms with Crippen LogP contribution < -0.4 is 0 Å². The first-order valence-electron chi connectivity index (χ1n) is 12.6. The zero-order valence-corrected chi connectivity index (χ0v) is 22.0. The Hall–Kier alpha value is -1.14. The van der Waals surface area contributed by atoms with Crippen LogP contribution in [0.2, 0.25) is 4.47 Å². The second-order valence-corrected chi connectivity index (χ2v) is 13.5. The molecule has 0 N–H and O–H groups in total. The highest BCUT2D eigenvalue weighted by Gasteiger charge is 2.67. The molecule has 0 unspecified atom stereocenters. The maximum atomic E-state index is 13.1. The van der Waals surface area contributed by atoms with E-state index in [2.05, 4.69) is 25.8 Å². The summed E-state index contributed by atoms with van der Waals surface area (Å²) in [7, 11) is 0. The Kier molecular flexibility index (Phi) is 5.88. The van der Waals surface area contributed by atoms with Crippen LogP contribution in [-0.4, -0.2) is 23.3 Å². The highest BCUT2D eigenvalue weighted by molar-refractivity contribution is 7.15. The molecule has 6 atom stereocenters. The molecule has 2 bridgehead atoms. The van der Waals surface area contributed by atoms with Crippen molar-refractivity contribution in [1.82, 2.24) is 4.98 Å². The number of aromatic nitrogens is 1. The van der Waals surface area contributed by atoms with Crippen molar-refractivity contribution >= 4 is 34.6 Å². The lowest BCUT2D eigenvalue weighted by atomic mass is 9.40. The Morgan fingerprint density at radius 1 is 1.21 bits per heavy atom. The molecule has 1 aromatic rings. The number of nitrogens with zero attached hydrogens (tertiary/aromatic N) is 2. The van der Waals surface area contributed by atoms with Crippen LogP contribution in [0.4, 0.5) is 0 Å². The summed E-state index contributed by atoms with van der Waals surface area (Å²) >= 11 is 7.40. The second kappa shape index (κ2) is 8.22. The molecule has 4 aliphatic rings. The molecular weight excluding hydrogens is 456 g/mol. The average molecular weight is 493 g/mol. The van der Waals surface area contributed by atoms with E-state index in [4.69, 9.17) is 26.3 Å². The summed E-state index contributed by atoms with van der Waals surface area (Å²) in [6.07, 6.45) is 12.0. The third kappa shape index (κ3) is 3.65. The molecule has 4 fully saturated rings. The van der Waals surface area contributed by atoms with Gasteiger partial charge in [-0.1, -0.05) is 37.0 Å². The molecule has 5 nitrogen and oxygen atoms in total. The van der Waals surface area contributed by atoms with Crippen molar-refractivity contribution in [1.29, 1.82) is 0 Å². The van der Waals surface area contributed by atoms with Crippen LogP contribution in [0.1, 0.15) is 90.4 Å². The van der Waals surface area contributed by atoms with Crippen molar-refractivity contribution < 1.29 is 14.4 Å². The van der Waals surface area contributed by atoms with Gasteiger partial charge in [0, 0.05) is 11.6 Å². The van der Waals surface area contributed by atoms with Crippen molar-refractivity contribution in [2.75, 3.05) is 6.61 Å². The summed E-state index contributed by atoms with van der Waals surface area (Å²) in [5.74, 6) is 1.08. The van der Waals surface area contributed by atoms with Crippen LogP contribution in [0.25, 0.3) is 0 Å². The van der Waals surface area contributed by atoms with Crippen molar-refractivity contribution in [2.24, 2.45) is 38.7 Å². The lowest BCUT2D eigenvalue weighted by Crippen LogP contribution is -2.58. The SMILES string of the molecule is CCOC(=O)[C@]1(C)CCC[C@@]2(C)[C@@H]3CC[C@@]4(C)C[C@]3(CC[C@@H]21)C/C4=N\OCc1cnc(Cl)s1. The average Bonchev–Trinajstić information content (AvgIpc) is 3.25. The number of esters is 1. The molecule has 7 heteroatoms. The number of oxime groups is 1. The summed E-state index contributed by atoms with van der Waals surface area (Å²) in [5.41, 5.74) is 1.51. The molecule has 1 spiro atoms. The van der Waals surface area contributed by atoms with Gasteiger partial charge in [0.25, 0.3) is 0 Å². The third-order valence-electron chi connectivity index (χ3n) is 10.0. The number of carbonyl (C=O) groups excluding carboxylic acids is 1. The Bertz CT molecular complexity index is 965. The fourth-order valence-corrected chi connectivity index (χ4v) is 9.62. The maximum absolute atomic E-state index is 13.1. The summed E-state index contributed by atoms with van der Waals surface area (Å²) in [5, 5.41) is 4.71. The van der Waals surface area contributed by atoms with Crippen molar-refractivity contribution in [3.05, 3.63) is 15.5 Å². The van der Waals surface area contributed by atoms with Gasteiger partial charge in [0.1, 0.15) is 0 Å². The number of thiazole rings is 1. The summed E-state index contributed by atoms with van der Waals surface area (Å²) in [6, 6.07) is 0. The molecule has 182 valence electrons. The molecule has 0 amide bonds. The molecule has 0 aromatic carbocycles. The van der Waals surface area contributed by atoms with E-state index >= 15 is 0 Å². The minimum absolute atomic E-state index is 0.0303. The van der Waals surface area contributed by atoms with E-state index in [1.165, 1.54) is 42.7 Å². The number of hydrogen-bond acceptors (Lipinski definition) is 6. The summed E-state index contributed by atoms with van der Waals surface area (Å²) < 4.78 is 6.14. The minimum Gasteiger partial charge on any atom is -0.466 e. The molecule has 1 aromatic heterocycles. The largest absolute Gasteiger partial charge is 0.466 e. The second-order valence-electron chi connectivity index (χ2n) is 11.8. The van der Waals surface area contributed by atoms with E-state index in [0.29, 0.717) is 34.9 Å². The minimum atomic E-state index is -0.347. The van der Waals surface area contributed by atoms with Crippen LogP contribution in [0, 0.1) is 33.5 Å². The lowest BCUT2D eigenvalue weighted by molar-refractivity contribution is -0.187. The van der Waals surface area contributed by atoms with Crippen molar-refractivity contribution in [3.63, 3.8) is 0 Å². The number of carbonyl (C=O) groups is 1. The van der Waals surface area contributed by atoms with Gasteiger partial charge < -0.3 is 9.57 Å². The van der Waals surface area contributed by atoms with E-state index in [1.807, 2.05) is 6.92 Å². The Labute approximate surface area is 206 Å². The van der Waals surface area contributed by atoms with E-state index in [9.17, 15) is 4.79 Å². The Balaban J connectivity index is 1.39. The Morgan fingerprint density at radius 3 is 2.73 bits per heavy atom.